The van der Waals surface area contributed by atoms with Gasteiger partial charge in [0.15, 0.2) is 0 Å². The molecule has 1 saturated heterocycles. The average Bonchev–Trinajstić information content (AvgIpc) is 3.08. The Labute approximate surface area is 224 Å². The van der Waals surface area contributed by atoms with Crippen LogP contribution in [0.3, 0.4) is 0 Å². The Hall–Kier alpha value is -3.37. The number of nitrogens with one attached hydrogen (secondary N) is 2. The number of carboxylic acids is 1. The second-order valence-electron chi connectivity index (χ2n) is 10.9. The van der Waals surface area contributed by atoms with Crippen molar-refractivity contribution in [2.45, 2.75) is 77.9 Å². The molecule has 0 saturated carbocycles. The number of aliphatic carboxylic acids is 1. The number of alkyl carbamates (subject to hydrolysis) is 1. The summed E-state index contributed by atoms with van der Waals surface area (Å²) in [6, 6.07) is 14.3. The van der Waals surface area contributed by atoms with Crippen LogP contribution in [0, 0.1) is 5.92 Å². The van der Waals surface area contributed by atoms with Crippen molar-refractivity contribution in [2.24, 2.45) is 5.92 Å². The first-order chi connectivity index (χ1) is 17.8. The predicted octanol–water partition coefficient (Wildman–Crippen LogP) is 3.05. The second-order valence-corrected chi connectivity index (χ2v) is 10.9. The molecule has 1 aliphatic rings. The molecule has 2 amide bonds. The summed E-state index contributed by atoms with van der Waals surface area (Å²) >= 11 is 0. The van der Waals surface area contributed by atoms with Crippen molar-refractivity contribution in [3.8, 4) is 0 Å². The molecule has 0 aliphatic carbocycles. The first-order valence-corrected chi connectivity index (χ1v) is 12.7. The number of amides is 2. The van der Waals surface area contributed by atoms with Gasteiger partial charge in [0, 0.05) is 6.42 Å². The third-order valence-corrected chi connectivity index (χ3v) is 6.99. The molecule has 3 rings (SSSR count). The van der Waals surface area contributed by atoms with E-state index >= 15 is 0 Å². The first-order valence-electron chi connectivity index (χ1n) is 12.7. The molecular formula is C28H37BN2O7. The number of ether oxygens (including phenoxy) is 1. The number of carbonyl (C=O) groups excluding carboxylic acids is 2. The molecule has 1 fully saturated rings. The van der Waals surface area contributed by atoms with Gasteiger partial charge in [0.2, 0.25) is 5.91 Å². The van der Waals surface area contributed by atoms with E-state index < -0.39 is 48.4 Å². The third kappa shape index (κ3) is 7.36. The Kier molecular flexibility index (Phi) is 9.22. The fraction of sp³-hybridized carbons (Fsp3) is 0.464. The van der Waals surface area contributed by atoms with Crippen molar-refractivity contribution >= 4 is 30.6 Å². The number of carboxylic acid groups (broad SMARTS) is 1. The van der Waals surface area contributed by atoms with E-state index in [-0.39, 0.29) is 18.9 Å². The van der Waals surface area contributed by atoms with Crippen LogP contribution in [0.5, 0.6) is 0 Å². The predicted molar refractivity (Wildman–Crippen MR) is 144 cm³/mol. The third-order valence-electron chi connectivity index (χ3n) is 6.99. The number of carbonyl (C=O) groups is 3. The second kappa shape index (κ2) is 12.0. The van der Waals surface area contributed by atoms with Gasteiger partial charge in [0.25, 0.3) is 0 Å². The number of hydrogen-bond acceptors (Lipinski definition) is 6. The van der Waals surface area contributed by atoms with Gasteiger partial charge in [-0.25, -0.2) is 9.59 Å². The minimum absolute atomic E-state index is 0.0543. The standard InChI is InChI=1S/C28H37BN2O7/c1-18(2)23(31-26(35)36-17-20-10-8-7-9-11-20)24(32)30-22(25(33)34)16-19-12-14-21(15-13-19)29-37-27(3,4)28(5,6)38-29/h7-15,18,22-23H,16-17H2,1-6H3,(H,30,32)(H,31,35)(H,33,34)/t22-,23-/m0/s1. The summed E-state index contributed by atoms with van der Waals surface area (Å²) in [7, 11) is -0.524. The average molecular weight is 524 g/mol. The van der Waals surface area contributed by atoms with Crippen molar-refractivity contribution < 1.29 is 33.5 Å². The highest BCUT2D eigenvalue weighted by Crippen LogP contribution is 2.36. The van der Waals surface area contributed by atoms with Gasteiger partial charge in [-0.3, -0.25) is 4.79 Å². The van der Waals surface area contributed by atoms with E-state index in [1.54, 1.807) is 26.0 Å². The van der Waals surface area contributed by atoms with E-state index in [0.29, 0.717) is 5.56 Å². The minimum Gasteiger partial charge on any atom is -0.480 e. The number of benzene rings is 2. The topological polar surface area (TPSA) is 123 Å². The molecular weight excluding hydrogens is 487 g/mol. The zero-order chi connectivity index (χ0) is 28.1. The molecule has 1 aliphatic heterocycles. The van der Waals surface area contributed by atoms with E-state index in [0.717, 1.165) is 11.0 Å². The van der Waals surface area contributed by atoms with Crippen molar-refractivity contribution in [3.63, 3.8) is 0 Å². The molecule has 0 aromatic heterocycles. The van der Waals surface area contributed by atoms with Crippen LogP contribution in [0.4, 0.5) is 4.79 Å². The highest BCUT2D eigenvalue weighted by Gasteiger charge is 2.51. The molecule has 2 atom stereocenters. The van der Waals surface area contributed by atoms with E-state index in [1.165, 1.54) is 0 Å². The Balaban J connectivity index is 1.60. The summed E-state index contributed by atoms with van der Waals surface area (Å²) in [6.45, 7) is 11.5. The zero-order valence-corrected chi connectivity index (χ0v) is 22.8. The fourth-order valence-electron chi connectivity index (χ4n) is 3.91. The van der Waals surface area contributed by atoms with Crippen LogP contribution in [0.1, 0.15) is 52.7 Å². The first kappa shape index (κ1) is 29.2. The van der Waals surface area contributed by atoms with Gasteiger partial charge in [0.05, 0.1) is 11.2 Å². The van der Waals surface area contributed by atoms with Gasteiger partial charge >= 0.3 is 19.2 Å². The van der Waals surface area contributed by atoms with Crippen molar-refractivity contribution in [1.29, 1.82) is 0 Å². The normalized spacial score (nSPS) is 17.5. The lowest BCUT2D eigenvalue weighted by molar-refractivity contribution is -0.142. The molecule has 1 heterocycles. The number of hydrogen-bond donors (Lipinski definition) is 3. The van der Waals surface area contributed by atoms with Crippen LogP contribution in [-0.4, -0.2) is 53.5 Å². The van der Waals surface area contributed by atoms with Gasteiger partial charge in [-0.05, 0) is 50.2 Å². The molecule has 2 aromatic carbocycles. The lowest BCUT2D eigenvalue weighted by atomic mass is 9.78. The Morgan fingerprint density at radius 1 is 0.895 bits per heavy atom. The number of rotatable bonds is 10. The molecule has 2 aromatic rings. The highest BCUT2D eigenvalue weighted by atomic mass is 16.7. The molecule has 9 nitrogen and oxygen atoms in total. The van der Waals surface area contributed by atoms with Crippen LogP contribution < -0.4 is 16.1 Å². The van der Waals surface area contributed by atoms with Crippen LogP contribution >= 0.6 is 0 Å². The van der Waals surface area contributed by atoms with Crippen molar-refractivity contribution in [1.82, 2.24) is 10.6 Å². The zero-order valence-electron chi connectivity index (χ0n) is 22.8. The van der Waals surface area contributed by atoms with Crippen LogP contribution in [0.2, 0.25) is 0 Å². The van der Waals surface area contributed by atoms with Crippen molar-refractivity contribution in [2.75, 3.05) is 0 Å². The smallest absolute Gasteiger partial charge is 0.480 e. The maximum atomic E-state index is 13.0. The van der Waals surface area contributed by atoms with Crippen molar-refractivity contribution in [3.05, 3.63) is 65.7 Å². The van der Waals surface area contributed by atoms with E-state index in [9.17, 15) is 19.5 Å². The van der Waals surface area contributed by atoms with Crippen LogP contribution in [0.25, 0.3) is 0 Å². The molecule has 3 N–H and O–H groups in total. The Morgan fingerprint density at radius 3 is 2.00 bits per heavy atom. The quantitative estimate of drug-likeness (QED) is 0.409. The highest BCUT2D eigenvalue weighted by molar-refractivity contribution is 6.62. The molecule has 38 heavy (non-hydrogen) atoms. The monoisotopic (exact) mass is 524 g/mol. The molecule has 0 radical (unpaired) electrons. The SMILES string of the molecule is CC(C)[C@H](NC(=O)OCc1ccccc1)C(=O)N[C@@H](Cc1ccc(B2OC(C)(C)C(C)(C)O2)cc1)C(=O)O. The summed E-state index contributed by atoms with van der Waals surface area (Å²) in [5.74, 6) is -2.08. The summed E-state index contributed by atoms with van der Waals surface area (Å²) in [5, 5.41) is 14.9. The van der Waals surface area contributed by atoms with Gasteiger partial charge in [-0.15, -0.1) is 0 Å². The van der Waals surface area contributed by atoms with Gasteiger partial charge < -0.3 is 29.8 Å². The van der Waals surface area contributed by atoms with E-state index in [4.69, 9.17) is 14.0 Å². The fourth-order valence-corrected chi connectivity index (χ4v) is 3.91. The summed E-state index contributed by atoms with van der Waals surface area (Å²) in [4.78, 5) is 37.3. The van der Waals surface area contributed by atoms with Gasteiger partial charge in [-0.1, -0.05) is 68.4 Å². The lowest BCUT2D eigenvalue weighted by Gasteiger charge is -2.32. The molecule has 204 valence electrons. The maximum absolute atomic E-state index is 13.0. The Bertz CT molecular complexity index is 1100. The summed E-state index contributed by atoms with van der Waals surface area (Å²) in [5.41, 5.74) is 1.41. The Morgan fingerprint density at radius 2 is 1.47 bits per heavy atom. The van der Waals surface area contributed by atoms with Crippen LogP contribution in [-0.2, 0) is 36.7 Å². The molecule has 10 heteroatoms. The molecule has 0 bridgehead atoms. The van der Waals surface area contributed by atoms with Crippen LogP contribution in [0.15, 0.2) is 54.6 Å². The van der Waals surface area contributed by atoms with Gasteiger partial charge in [0.1, 0.15) is 18.7 Å². The van der Waals surface area contributed by atoms with E-state index in [2.05, 4.69) is 10.6 Å². The maximum Gasteiger partial charge on any atom is 0.494 e. The largest absolute Gasteiger partial charge is 0.494 e. The minimum atomic E-state index is -1.19. The van der Waals surface area contributed by atoms with E-state index in [1.807, 2.05) is 70.2 Å². The summed E-state index contributed by atoms with van der Waals surface area (Å²) in [6.07, 6.45) is -0.693. The van der Waals surface area contributed by atoms with Gasteiger partial charge in [-0.2, -0.15) is 0 Å². The molecule has 0 spiro atoms. The lowest BCUT2D eigenvalue weighted by Crippen LogP contribution is -2.54. The molecule has 0 unspecified atom stereocenters. The summed E-state index contributed by atoms with van der Waals surface area (Å²) < 4.78 is 17.4.